The zero-order chi connectivity index (χ0) is 21.2. The van der Waals surface area contributed by atoms with E-state index >= 15 is 0 Å². The van der Waals surface area contributed by atoms with Gasteiger partial charge in [-0.2, -0.15) is 0 Å². The number of piperidine rings is 1. The average molecular weight is 544 g/mol. The molecule has 2 saturated heterocycles. The molecule has 2 aliphatic rings. The number of methoxy groups -OCH3 is 1. The van der Waals surface area contributed by atoms with Crippen molar-refractivity contribution in [2.75, 3.05) is 60.2 Å². The number of halogens is 1. The minimum absolute atomic E-state index is 0. The van der Waals surface area contributed by atoms with E-state index in [1.54, 1.807) is 7.11 Å². The van der Waals surface area contributed by atoms with Gasteiger partial charge in [0.25, 0.3) is 5.91 Å². The molecule has 3 rings (SSSR count). The van der Waals surface area contributed by atoms with E-state index in [1.807, 2.05) is 36.2 Å². The van der Waals surface area contributed by atoms with Crippen LogP contribution in [0.5, 0.6) is 0 Å². The third-order valence-corrected chi connectivity index (χ3v) is 5.88. The van der Waals surface area contributed by atoms with Crippen molar-refractivity contribution in [2.45, 2.75) is 32.2 Å². The van der Waals surface area contributed by atoms with E-state index in [1.165, 1.54) is 6.42 Å². The molecule has 1 unspecified atom stereocenters. The molecule has 31 heavy (non-hydrogen) atoms. The van der Waals surface area contributed by atoms with Gasteiger partial charge in [-0.25, -0.2) is 0 Å². The van der Waals surface area contributed by atoms with Crippen molar-refractivity contribution >= 4 is 35.8 Å². The van der Waals surface area contributed by atoms with Gasteiger partial charge in [0.05, 0.1) is 19.8 Å². The van der Waals surface area contributed by atoms with Crippen molar-refractivity contribution in [1.29, 1.82) is 0 Å². The van der Waals surface area contributed by atoms with Gasteiger partial charge in [-0.05, 0) is 43.4 Å². The second kappa shape index (κ2) is 13.9. The van der Waals surface area contributed by atoms with Crippen LogP contribution in [0.3, 0.4) is 0 Å². The van der Waals surface area contributed by atoms with Gasteiger partial charge in [0.2, 0.25) is 0 Å². The molecule has 0 radical (unpaired) electrons. The largest absolute Gasteiger partial charge is 0.382 e. The van der Waals surface area contributed by atoms with Crippen LogP contribution in [-0.2, 0) is 16.0 Å². The predicted octanol–water partition coefficient (Wildman–Crippen LogP) is 2.99. The molecular formula is C23H37IN4O3. The Kier molecular flexibility index (Phi) is 11.6. The number of amides is 1. The molecule has 2 fully saturated rings. The van der Waals surface area contributed by atoms with E-state index in [0.717, 1.165) is 69.1 Å². The number of rotatable bonds is 8. The summed E-state index contributed by atoms with van der Waals surface area (Å²) in [4.78, 5) is 21.3. The molecule has 8 heteroatoms. The number of carbonyl (C=O) groups excluding carboxylic acids is 1. The molecule has 1 amide bonds. The lowest BCUT2D eigenvalue weighted by atomic mass is 10.1. The fourth-order valence-corrected chi connectivity index (χ4v) is 4.11. The third-order valence-electron chi connectivity index (χ3n) is 5.88. The first kappa shape index (κ1) is 25.9. The lowest BCUT2D eigenvalue weighted by Crippen LogP contribution is -2.39. The molecular weight excluding hydrogens is 507 g/mol. The molecule has 0 spiro atoms. The van der Waals surface area contributed by atoms with Gasteiger partial charge >= 0.3 is 0 Å². The smallest absolute Gasteiger partial charge is 0.253 e. The van der Waals surface area contributed by atoms with Crippen LogP contribution in [0, 0.1) is 5.92 Å². The van der Waals surface area contributed by atoms with Crippen molar-refractivity contribution in [3.05, 3.63) is 35.4 Å². The van der Waals surface area contributed by atoms with Crippen LogP contribution in [0.25, 0.3) is 0 Å². The van der Waals surface area contributed by atoms with Gasteiger partial charge in [-0.3, -0.25) is 9.79 Å². The number of hydrogen-bond acceptors (Lipinski definition) is 4. The molecule has 0 aliphatic carbocycles. The number of nitrogens with one attached hydrogen (secondary N) is 1. The Morgan fingerprint density at radius 2 is 1.84 bits per heavy atom. The first-order chi connectivity index (χ1) is 14.7. The molecule has 1 atom stereocenters. The summed E-state index contributed by atoms with van der Waals surface area (Å²) in [6.45, 7) is 6.45. The van der Waals surface area contributed by atoms with Crippen molar-refractivity contribution in [1.82, 2.24) is 15.1 Å². The summed E-state index contributed by atoms with van der Waals surface area (Å²) in [6, 6.07) is 7.96. The number of carbonyl (C=O) groups is 1. The summed E-state index contributed by atoms with van der Waals surface area (Å²) in [6.07, 6.45) is 4.57. The minimum Gasteiger partial charge on any atom is -0.382 e. The van der Waals surface area contributed by atoms with E-state index in [-0.39, 0.29) is 29.9 Å². The standard InChI is InChI=1S/C23H36N4O3.HI/c1-24-23(27-13-10-20(17-27)18-30-15-14-29-2)25-16-19-6-8-21(9-7-19)22(28)26-11-4-3-5-12-26;/h6-9,20H,3-5,10-18H2,1-2H3,(H,24,25);1H. The quantitative estimate of drug-likeness (QED) is 0.236. The maximum atomic E-state index is 12.6. The Morgan fingerprint density at radius 1 is 1.10 bits per heavy atom. The fraction of sp³-hybridized carbons (Fsp3) is 0.652. The molecule has 174 valence electrons. The van der Waals surface area contributed by atoms with Crippen LogP contribution in [-0.4, -0.2) is 81.8 Å². The fourth-order valence-electron chi connectivity index (χ4n) is 4.11. The number of nitrogens with zero attached hydrogens (tertiary/aromatic N) is 3. The van der Waals surface area contributed by atoms with E-state index in [4.69, 9.17) is 9.47 Å². The van der Waals surface area contributed by atoms with Gasteiger partial charge < -0.3 is 24.6 Å². The highest BCUT2D eigenvalue weighted by Crippen LogP contribution is 2.17. The van der Waals surface area contributed by atoms with Crippen LogP contribution in [0.2, 0.25) is 0 Å². The molecule has 1 aromatic rings. The van der Waals surface area contributed by atoms with E-state index < -0.39 is 0 Å². The normalized spacial score (nSPS) is 19.3. The molecule has 0 bridgehead atoms. The number of aliphatic imine (C=N–C) groups is 1. The first-order valence-electron chi connectivity index (χ1n) is 11.1. The van der Waals surface area contributed by atoms with E-state index in [2.05, 4.69) is 15.2 Å². The lowest BCUT2D eigenvalue weighted by molar-refractivity contribution is 0.0536. The highest BCUT2D eigenvalue weighted by Gasteiger charge is 2.25. The van der Waals surface area contributed by atoms with Crippen molar-refractivity contribution in [3.8, 4) is 0 Å². The molecule has 2 aliphatic heterocycles. The predicted molar refractivity (Wildman–Crippen MR) is 134 cm³/mol. The van der Waals surface area contributed by atoms with E-state index in [9.17, 15) is 4.79 Å². The summed E-state index contributed by atoms with van der Waals surface area (Å²) < 4.78 is 10.7. The maximum absolute atomic E-state index is 12.6. The lowest BCUT2D eigenvalue weighted by Gasteiger charge is -2.26. The first-order valence-corrected chi connectivity index (χ1v) is 11.1. The molecule has 0 aromatic heterocycles. The Balaban J connectivity index is 0.00000341. The van der Waals surface area contributed by atoms with Crippen molar-refractivity contribution < 1.29 is 14.3 Å². The van der Waals surface area contributed by atoms with Crippen molar-refractivity contribution in [2.24, 2.45) is 10.9 Å². The van der Waals surface area contributed by atoms with Gasteiger partial charge in [-0.1, -0.05) is 12.1 Å². The SMILES string of the molecule is CN=C(NCc1ccc(C(=O)N2CCCCC2)cc1)N1CCC(COCCOC)C1.I. The zero-order valence-corrected chi connectivity index (χ0v) is 21.2. The summed E-state index contributed by atoms with van der Waals surface area (Å²) in [5.41, 5.74) is 1.92. The second-order valence-corrected chi connectivity index (χ2v) is 8.12. The van der Waals surface area contributed by atoms with Gasteiger partial charge in [0, 0.05) is 58.4 Å². The topological polar surface area (TPSA) is 66.4 Å². The Morgan fingerprint density at radius 3 is 2.52 bits per heavy atom. The number of hydrogen-bond donors (Lipinski definition) is 1. The Bertz CT molecular complexity index is 693. The molecule has 2 heterocycles. The zero-order valence-electron chi connectivity index (χ0n) is 18.8. The second-order valence-electron chi connectivity index (χ2n) is 8.12. The van der Waals surface area contributed by atoms with Crippen LogP contribution in [0.15, 0.2) is 29.3 Å². The Hall–Kier alpha value is -1.39. The monoisotopic (exact) mass is 544 g/mol. The van der Waals surface area contributed by atoms with E-state index in [0.29, 0.717) is 25.7 Å². The van der Waals surface area contributed by atoms with Gasteiger partial charge in [0.15, 0.2) is 5.96 Å². The minimum atomic E-state index is 0. The van der Waals surface area contributed by atoms with Crippen LogP contribution >= 0.6 is 24.0 Å². The van der Waals surface area contributed by atoms with Gasteiger partial charge in [0.1, 0.15) is 0 Å². The highest BCUT2D eigenvalue weighted by molar-refractivity contribution is 14.0. The molecule has 1 aromatic carbocycles. The van der Waals surface area contributed by atoms with Gasteiger partial charge in [-0.15, -0.1) is 24.0 Å². The molecule has 0 saturated carbocycles. The number of guanidine groups is 1. The maximum Gasteiger partial charge on any atom is 0.253 e. The Labute approximate surface area is 203 Å². The van der Waals surface area contributed by atoms with Crippen molar-refractivity contribution in [3.63, 3.8) is 0 Å². The van der Waals surface area contributed by atoms with Crippen LogP contribution in [0.1, 0.15) is 41.6 Å². The van der Waals surface area contributed by atoms with Crippen LogP contribution in [0.4, 0.5) is 0 Å². The van der Waals surface area contributed by atoms with Crippen LogP contribution < -0.4 is 5.32 Å². The summed E-state index contributed by atoms with van der Waals surface area (Å²) in [5.74, 6) is 1.60. The summed E-state index contributed by atoms with van der Waals surface area (Å²) in [5, 5.41) is 3.46. The number of benzene rings is 1. The molecule has 7 nitrogen and oxygen atoms in total. The average Bonchev–Trinajstić information content (AvgIpc) is 3.26. The molecule has 1 N–H and O–H groups in total. The number of likely N-dealkylation sites (tertiary alicyclic amines) is 2. The third kappa shape index (κ3) is 7.91. The highest BCUT2D eigenvalue weighted by atomic mass is 127. The summed E-state index contributed by atoms with van der Waals surface area (Å²) in [7, 11) is 3.52. The number of ether oxygens (including phenoxy) is 2. The summed E-state index contributed by atoms with van der Waals surface area (Å²) >= 11 is 0.